The van der Waals surface area contributed by atoms with E-state index < -0.39 is 5.97 Å². The minimum atomic E-state index is -0.710. The van der Waals surface area contributed by atoms with Gasteiger partial charge in [0.05, 0.1) is 7.11 Å². The number of halogens is 1. The van der Waals surface area contributed by atoms with Gasteiger partial charge in [-0.2, -0.15) is 0 Å². The van der Waals surface area contributed by atoms with Gasteiger partial charge in [-0.15, -0.1) is 0 Å². The van der Waals surface area contributed by atoms with E-state index in [4.69, 9.17) is 11.6 Å². The van der Waals surface area contributed by atoms with Crippen LogP contribution in [0.5, 0.6) is 0 Å². The van der Waals surface area contributed by atoms with Gasteiger partial charge in [-0.25, -0.2) is 4.79 Å². The Kier molecular flexibility index (Phi) is 3.79. The van der Waals surface area contributed by atoms with Crippen molar-refractivity contribution >= 4 is 22.7 Å². The molecule has 0 fully saturated rings. The maximum Gasteiger partial charge on any atom is 0.372 e. The quantitative estimate of drug-likeness (QED) is 0.325. The van der Waals surface area contributed by atoms with Crippen molar-refractivity contribution in [2.75, 3.05) is 14.2 Å². The van der Waals surface area contributed by atoms with Gasteiger partial charge < -0.3 is 9.57 Å². The van der Waals surface area contributed by atoms with E-state index in [1.165, 1.54) is 14.2 Å². The first-order valence-corrected chi connectivity index (χ1v) is 2.45. The molecule has 9 heavy (non-hydrogen) atoms. The molecule has 0 aliphatic rings. The maximum absolute atomic E-state index is 10.3. The van der Waals surface area contributed by atoms with Crippen LogP contribution in [0.3, 0.4) is 0 Å². The van der Waals surface area contributed by atoms with Crippen LogP contribution in [0.25, 0.3) is 0 Å². The van der Waals surface area contributed by atoms with Gasteiger partial charge in [0, 0.05) is 0 Å². The first-order chi connectivity index (χ1) is 4.22. The highest BCUT2D eigenvalue weighted by Gasteiger charge is 2.06. The fraction of sp³-hybridized carbons (Fsp3) is 0.500. The molecule has 4 nitrogen and oxygen atoms in total. The lowest BCUT2D eigenvalue weighted by atomic mass is 10.7. The van der Waals surface area contributed by atoms with E-state index in [0.717, 1.165) is 0 Å². The topological polar surface area (TPSA) is 47.9 Å². The van der Waals surface area contributed by atoms with Crippen LogP contribution in [0.15, 0.2) is 5.16 Å². The first-order valence-electron chi connectivity index (χ1n) is 2.07. The Morgan fingerprint density at radius 2 is 2.11 bits per heavy atom. The van der Waals surface area contributed by atoms with Crippen LogP contribution in [0.4, 0.5) is 0 Å². The molecule has 0 unspecified atom stereocenters. The molecule has 0 amide bonds. The van der Waals surface area contributed by atoms with Crippen LogP contribution in [0, 0.1) is 0 Å². The molecule has 0 radical (unpaired) electrons. The van der Waals surface area contributed by atoms with Gasteiger partial charge in [0.1, 0.15) is 7.11 Å². The van der Waals surface area contributed by atoms with Gasteiger partial charge in [0.25, 0.3) is 5.17 Å². The van der Waals surface area contributed by atoms with E-state index in [1.807, 2.05) is 0 Å². The predicted molar refractivity (Wildman–Crippen MR) is 32.3 cm³/mol. The molecule has 0 N–H and O–H groups in total. The molecule has 0 aromatic heterocycles. The van der Waals surface area contributed by atoms with Crippen molar-refractivity contribution in [3.05, 3.63) is 0 Å². The summed E-state index contributed by atoms with van der Waals surface area (Å²) in [6.45, 7) is 0. The minimum absolute atomic E-state index is 0.319. The number of carbonyl (C=O) groups excluding carboxylic acids is 1. The van der Waals surface area contributed by atoms with E-state index in [0.29, 0.717) is 0 Å². The van der Waals surface area contributed by atoms with Gasteiger partial charge in [0.2, 0.25) is 0 Å². The van der Waals surface area contributed by atoms with Crippen LogP contribution >= 0.6 is 11.6 Å². The highest BCUT2D eigenvalue weighted by Crippen LogP contribution is 1.88. The van der Waals surface area contributed by atoms with Crippen LogP contribution in [0.2, 0.25) is 0 Å². The molecule has 0 aliphatic carbocycles. The Hall–Kier alpha value is -0.770. The van der Waals surface area contributed by atoms with Crippen molar-refractivity contribution in [1.29, 1.82) is 0 Å². The molecular weight excluding hydrogens is 146 g/mol. The summed E-state index contributed by atoms with van der Waals surface area (Å²) < 4.78 is 4.18. The fourth-order valence-electron chi connectivity index (χ4n) is 0.202. The van der Waals surface area contributed by atoms with E-state index in [1.54, 1.807) is 0 Å². The van der Waals surface area contributed by atoms with E-state index in [-0.39, 0.29) is 5.17 Å². The third-order valence-corrected chi connectivity index (χ3v) is 0.749. The second-order valence-electron chi connectivity index (χ2n) is 1.06. The number of hydrogen-bond acceptors (Lipinski definition) is 4. The summed E-state index contributed by atoms with van der Waals surface area (Å²) in [5, 5.41) is 2.78. The second-order valence-corrected chi connectivity index (χ2v) is 1.41. The molecule has 5 heteroatoms. The minimum Gasteiger partial charge on any atom is -0.464 e. The van der Waals surface area contributed by atoms with Gasteiger partial charge in [-0.3, -0.25) is 0 Å². The molecule has 0 aliphatic heterocycles. The lowest BCUT2D eigenvalue weighted by molar-refractivity contribution is -0.132. The summed E-state index contributed by atoms with van der Waals surface area (Å²) in [5.41, 5.74) is 0. The number of hydrogen-bond donors (Lipinski definition) is 0. The lowest BCUT2D eigenvalue weighted by Gasteiger charge is -1.92. The molecule has 0 aromatic rings. The van der Waals surface area contributed by atoms with Crippen molar-refractivity contribution in [3.8, 4) is 0 Å². The Labute approximate surface area is 57.4 Å². The normalized spacial score (nSPS) is 10.8. The molecule has 0 saturated carbocycles. The lowest BCUT2D eigenvalue weighted by Crippen LogP contribution is -2.09. The highest BCUT2D eigenvalue weighted by molar-refractivity contribution is 6.81. The summed E-state index contributed by atoms with van der Waals surface area (Å²) in [7, 11) is 2.49. The molecule has 52 valence electrons. The summed E-state index contributed by atoms with van der Waals surface area (Å²) in [4.78, 5) is 14.5. The van der Waals surface area contributed by atoms with Crippen molar-refractivity contribution in [2.24, 2.45) is 5.16 Å². The van der Waals surface area contributed by atoms with Crippen molar-refractivity contribution in [2.45, 2.75) is 0 Å². The average molecular weight is 152 g/mol. The maximum atomic E-state index is 10.3. The van der Waals surface area contributed by atoms with Gasteiger partial charge in [-0.05, 0) is 0 Å². The SMILES string of the molecule is CO/N=C(/Cl)C(=O)OC. The molecule has 0 rings (SSSR count). The molecule has 0 heterocycles. The van der Waals surface area contributed by atoms with Crippen LogP contribution in [-0.4, -0.2) is 25.4 Å². The van der Waals surface area contributed by atoms with Crippen molar-refractivity contribution in [1.82, 2.24) is 0 Å². The second kappa shape index (κ2) is 4.14. The summed E-state index contributed by atoms with van der Waals surface area (Å²) in [6.07, 6.45) is 0. The number of ether oxygens (including phenoxy) is 1. The zero-order valence-corrected chi connectivity index (χ0v) is 5.81. The Morgan fingerprint density at radius 1 is 1.56 bits per heavy atom. The first kappa shape index (κ1) is 8.23. The Morgan fingerprint density at radius 3 is 2.44 bits per heavy atom. The predicted octanol–water partition coefficient (Wildman–Crippen LogP) is 0.358. The third-order valence-electron chi connectivity index (χ3n) is 0.525. The van der Waals surface area contributed by atoms with Crippen LogP contribution in [-0.2, 0) is 14.4 Å². The average Bonchev–Trinajstić information content (AvgIpc) is 1.87. The van der Waals surface area contributed by atoms with Gasteiger partial charge in [-0.1, -0.05) is 16.8 Å². The summed E-state index contributed by atoms with van der Waals surface area (Å²) in [5.74, 6) is -0.710. The van der Waals surface area contributed by atoms with E-state index >= 15 is 0 Å². The summed E-state index contributed by atoms with van der Waals surface area (Å²) >= 11 is 5.18. The smallest absolute Gasteiger partial charge is 0.372 e. The molecule has 0 spiro atoms. The van der Waals surface area contributed by atoms with Gasteiger partial charge >= 0.3 is 5.97 Å². The number of oxime groups is 1. The van der Waals surface area contributed by atoms with E-state index in [9.17, 15) is 4.79 Å². The zero-order chi connectivity index (χ0) is 7.28. The van der Waals surface area contributed by atoms with Crippen molar-refractivity contribution < 1.29 is 14.4 Å². The number of carbonyl (C=O) groups is 1. The molecular formula is C4H6ClNO3. The molecule has 0 atom stereocenters. The summed E-state index contributed by atoms with van der Waals surface area (Å²) in [6, 6.07) is 0. The van der Waals surface area contributed by atoms with E-state index in [2.05, 4.69) is 14.7 Å². The van der Waals surface area contributed by atoms with Crippen LogP contribution < -0.4 is 0 Å². The number of methoxy groups -OCH3 is 1. The standard InChI is InChI=1S/C4H6ClNO3/c1-8-4(7)3(5)6-9-2/h1-2H3/b6-3+. The molecule has 0 saturated heterocycles. The highest BCUT2D eigenvalue weighted by atomic mass is 35.5. The number of esters is 1. The number of nitrogens with zero attached hydrogens (tertiary/aromatic N) is 1. The number of rotatable bonds is 2. The Bertz CT molecular complexity index is 134. The molecule has 0 bridgehead atoms. The Balaban J connectivity index is 3.86. The third kappa shape index (κ3) is 2.92. The van der Waals surface area contributed by atoms with Crippen LogP contribution in [0.1, 0.15) is 0 Å². The largest absolute Gasteiger partial charge is 0.464 e. The van der Waals surface area contributed by atoms with Crippen molar-refractivity contribution in [3.63, 3.8) is 0 Å². The van der Waals surface area contributed by atoms with Gasteiger partial charge in [0.15, 0.2) is 0 Å². The fourth-order valence-corrected chi connectivity index (χ4v) is 0.348. The molecule has 0 aromatic carbocycles. The monoisotopic (exact) mass is 151 g/mol. The zero-order valence-electron chi connectivity index (χ0n) is 5.05.